The smallest absolute Gasteiger partial charge is 0.0260 e. The number of allylic oxidation sites excluding steroid dienone is 1. The highest BCUT2D eigenvalue weighted by Crippen LogP contribution is 2.22. The Morgan fingerprint density at radius 2 is 0.895 bits per heavy atom. The zero-order valence-electron chi connectivity index (χ0n) is 26.1. The minimum absolute atomic E-state index is 0.394. The molecule has 3 rings (SSSR count). The zero-order chi connectivity index (χ0) is 28.5. The van der Waals surface area contributed by atoms with Crippen molar-refractivity contribution in [3.63, 3.8) is 0 Å². The Bertz CT molecular complexity index is 975. The van der Waals surface area contributed by atoms with Crippen LogP contribution < -0.4 is 0 Å². The van der Waals surface area contributed by atoms with Gasteiger partial charge in [-0.3, -0.25) is 0 Å². The summed E-state index contributed by atoms with van der Waals surface area (Å²) in [5.41, 5.74) is 5.53. The van der Waals surface area contributed by atoms with Crippen LogP contribution in [0.1, 0.15) is 105 Å². The molecule has 208 valence electrons. The molecule has 0 heterocycles. The van der Waals surface area contributed by atoms with E-state index in [0.29, 0.717) is 16.2 Å². The first-order chi connectivity index (χ1) is 17.7. The molecule has 0 bridgehead atoms. The minimum atomic E-state index is 0.394. The average molecular weight is 513 g/mol. The molecule has 0 saturated heterocycles. The van der Waals surface area contributed by atoms with E-state index < -0.39 is 0 Å². The molecule has 0 fully saturated rings. The van der Waals surface area contributed by atoms with Crippen LogP contribution in [0.4, 0.5) is 0 Å². The third-order valence-electron chi connectivity index (χ3n) is 6.08. The molecule has 3 aromatic rings. The fraction of sp³-hybridized carbons (Fsp3) is 0.474. The van der Waals surface area contributed by atoms with Gasteiger partial charge in [0.1, 0.15) is 0 Å². The molecule has 0 radical (unpaired) electrons. The molecular formula is C38H56. The third-order valence-corrected chi connectivity index (χ3v) is 6.08. The third kappa shape index (κ3) is 20.5. The molecule has 0 saturated carbocycles. The summed E-state index contributed by atoms with van der Waals surface area (Å²) in [6.07, 6.45) is 11.8. The number of benzene rings is 3. The number of hydrogen-bond donors (Lipinski definition) is 0. The molecular weight excluding hydrogens is 456 g/mol. The molecule has 0 aliphatic rings. The number of rotatable bonds is 7. The maximum atomic E-state index is 2.30. The van der Waals surface area contributed by atoms with Crippen LogP contribution in [0.25, 0.3) is 6.08 Å². The van der Waals surface area contributed by atoms with Gasteiger partial charge < -0.3 is 0 Å². The Labute approximate surface area is 236 Å². The van der Waals surface area contributed by atoms with Gasteiger partial charge >= 0.3 is 0 Å². The fourth-order valence-electron chi connectivity index (χ4n) is 3.74. The van der Waals surface area contributed by atoms with Crippen LogP contribution in [0.5, 0.6) is 0 Å². The Morgan fingerprint density at radius 1 is 0.474 bits per heavy atom. The summed E-state index contributed by atoms with van der Waals surface area (Å²) in [5.74, 6) is 0. The van der Waals surface area contributed by atoms with Gasteiger partial charge in [0.05, 0.1) is 0 Å². The normalized spacial score (nSPS) is 11.8. The molecule has 0 unspecified atom stereocenters. The van der Waals surface area contributed by atoms with E-state index in [-0.39, 0.29) is 0 Å². The first-order valence-corrected chi connectivity index (χ1v) is 14.5. The molecule has 0 aliphatic heterocycles. The first-order valence-electron chi connectivity index (χ1n) is 14.5. The lowest BCUT2D eigenvalue weighted by Crippen LogP contribution is -2.06. The summed E-state index contributed by atoms with van der Waals surface area (Å²) in [4.78, 5) is 0. The van der Waals surface area contributed by atoms with E-state index in [1.54, 1.807) is 0 Å². The lowest BCUT2D eigenvalue weighted by Gasteiger charge is -2.17. The summed E-state index contributed by atoms with van der Waals surface area (Å²) in [6.45, 7) is 20.5. The lowest BCUT2D eigenvalue weighted by atomic mass is 9.89. The van der Waals surface area contributed by atoms with Crippen molar-refractivity contribution in [2.45, 2.75) is 101 Å². The summed E-state index contributed by atoms with van der Waals surface area (Å²) >= 11 is 0. The summed E-state index contributed by atoms with van der Waals surface area (Å²) in [5, 5.41) is 0. The number of hydrogen-bond acceptors (Lipinski definition) is 0. The predicted molar refractivity (Wildman–Crippen MR) is 173 cm³/mol. The van der Waals surface area contributed by atoms with Crippen LogP contribution in [0.3, 0.4) is 0 Å². The zero-order valence-corrected chi connectivity index (χ0v) is 26.1. The van der Waals surface area contributed by atoms with Gasteiger partial charge in [0.25, 0.3) is 0 Å². The largest absolute Gasteiger partial charge is 0.0834 e. The van der Waals surface area contributed by atoms with Crippen molar-refractivity contribution in [1.29, 1.82) is 0 Å². The highest BCUT2D eigenvalue weighted by atomic mass is 14.2. The molecule has 0 N–H and O–H groups in total. The average Bonchev–Trinajstić information content (AvgIpc) is 2.84. The van der Waals surface area contributed by atoms with Crippen LogP contribution in [-0.4, -0.2) is 0 Å². The van der Waals surface area contributed by atoms with Gasteiger partial charge in [0.2, 0.25) is 0 Å². The van der Waals surface area contributed by atoms with Crippen molar-refractivity contribution < 1.29 is 0 Å². The fourth-order valence-corrected chi connectivity index (χ4v) is 3.74. The monoisotopic (exact) mass is 512 g/mol. The van der Waals surface area contributed by atoms with Crippen LogP contribution in [0, 0.1) is 16.2 Å². The first kappa shape index (κ1) is 33.4. The number of aryl methyl sites for hydroxylation is 2. The standard InChI is InChI=1S/C13H20.C13H18.C12H18/c2*1-13(2,3)11-7-10-12-8-5-4-6-9-12;1-12(2,3)10-9-11-7-5-4-6-8-11/h4-6,8-9H,7,10-11H2,1-3H3;4-10H,11H2,1-3H3;4-8H,9-10H2,1-3H3/b;10-7+;. The molecule has 3 aromatic carbocycles. The highest BCUT2D eigenvalue weighted by Gasteiger charge is 2.10. The highest BCUT2D eigenvalue weighted by molar-refractivity contribution is 5.48. The van der Waals surface area contributed by atoms with Crippen LogP contribution in [0.2, 0.25) is 0 Å². The van der Waals surface area contributed by atoms with Gasteiger partial charge in [-0.05, 0) is 71.5 Å². The maximum absolute atomic E-state index is 2.30. The molecule has 0 spiro atoms. The summed E-state index contributed by atoms with van der Waals surface area (Å²) < 4.78 is 0. The van der Waals surface area contributed by atoms with Gasteiger partial charge in [0.15, 0.2) is 0 Å². The Hall–Kier alpha value is -2.60. The Kier molecular flexibility index (Phi) is 15.0. The molecule has 0 heteroatoms. The quantitative estimate of drug-likeness (QED) is 0.295. The summed E-state index contributed by atoms with van der Waals surface area (Å²) in [6, 6.07) is 31.8. The van der Waals surface area contributed by atoms with E-state index in [1.165, 1.54) is 48.8 Å². The van der Waals surface area contributed by atoms with E-state index in [0.717, 1.165) is 6.42 Å². The molecule has 0 nitrogen and oxygen atoms in total. The van der Waals surface area contributed by atoms with E-state index in [9.17, 15) is 0 Å². The topological polar surface area (TPSA) is 0 Å². The SMILES string of the molecule is CC(C)(C)C/C=C/c1ccccc1.CC(C)(C)CCCc1ccccc1.CC(C)(C)CCc1ccccc1. The van der Waals surface area contributed by atoms with Crippen molar-refractivity contribution in [2.24, 2.45) is 16.2 Å². The van der Waals surface area contributed by atoms with Gasteiger partial charge in [-0.15, -0.1) is 0 Å². The maximum Gasteiger partial charge on any atom is -0.0260 e. The predicted octanol–water partition coefficient (Wildman–Crippen LogP) is 11.9. The second-order valence-electron chi connectivity index (χ2n) is 14.0. The van der Waals surface area contributed by atoms with Crippen molar-refractivity contribution in [1.82, 2.24) is 0 Å². The molecule has 38 heavy (non-hydrogen) atoms. The lowest BCUT2D eigenvalue weighted by molar-refractivity contribution is 0.365. The van der Waals surface area contributed by atoms with Crippen LogP contribution in [0.15, 0.2) is 97.1 Å². The van der Waals surface area contributed by atoms with E-state index in [1.807, 2.05) is 6.07 Å². The van der Waals surface area contributed by atoms with Crippen molar-refractivity contribution in [2.75, 3.05) is 0 Å². The van der Waals surface area contributed by atoms with Gasteiger partial charge in [0, 0.05) is 0 Å². The Balaban J connectivity index is 0.000000285. The van der Waals surface area contributed by atoms with Gasteiger partial charge in [-0.25, -0.2) is 0 Å². The molecule has 0 amide bonds. The Morgan fingerprint density at radius 3 is 1.32 bits per heavy atom. The van der Waals surface area contributed by atoms with E-state index in [4.69, 9.17) is 0 Å². The second kappa shape index (κ2) is 17.1. The van der Waals surface area contributed by atoms with Gasteiger partial charge in [-0.1, -0.05) is 165 Å². The van der Waals surface area contributed by atoms with E-state index >= 15 is 0 Å². The molecule has 0 aliphatic carbocycles. The summed E-state index contributed by atoms with van der Waals surface area (Å²) in [7, 11) is 0. The van der Waals surface area contributed by atoms with Crippen molar-refractivity contribution in [3.8, 4) is 0 Å². The van der Waals surface area contributed by atoms with Crippen LogP contribution in [-0.2, 0) is 12.8 Å². The second-order valence-corrected chi connectivity index (χ2v) is 14.0. The molecule has 0 aromatic heterocycles. The van der Waals surface area contributed by atoms with E-state index in [2.05, 4.69) is 159 Å². The molecule has 0 atom stereocenters. The van der Waals surface area contributed by atoms with Crippen LogP contribution >= 0.6 is 0 Å². The van der Waals surface area contributed by atoms with Crippen molar-refractivity contribution >= 4 is 6.08 Å². The van der Waals surface area contributed by atoms with Gasteiger partial charge in [-0.2, -0.15) is 0 Å². The minimum Gasteiger partial charge on any atom is -0.0834 e. The van der Waals surface area contributed by atoms with Crippen molar-refractivity contribution in [3.05, 3.63) is 114 Å².